The van der Waals surface area contributed by atoms with Gasteiger partial charge in [0.05, 0.1) is 18.1 Å². The highest BCUT2D eigenvalue weighted by atomic mass is 35.5. The molecule has 10 heteroatoms. The van der Waals surface area contributed by atoms with E-state index in [-0.39, 0.29) is 18.1 Å². The summed E-state index contributed by atoms with van der Waals surface area (Å²) in [6, 6.07) is 6.96. The number of nitrogens with zero attached hydrogens (tertiary/aromatic N) is 3. The van der Waals surface area contributed by atoms with Gasteiger partial charge in [0.1, 0.15) is 17.7 Å². The molecule has 158 valence electrons. The molecular formula is C20H18ClF3N4O2. The third-order valence-electron chi connectivity index (χ3n) is 5.13. The number of ether oxygens (including phenoxy) is 1. The molecule has 4 rings (SSSR count). The molecule has 0 aliphatic heterocycles. The number of anilines is 2. The van der Waals surface area contributed by atoms with Crippen molar-refractivity contribution in [3.05, 3.63) is 48.1 Å². The van der Waals surface area contributed by atoms with Crippen LogP contribution in [-0.2, 0) is 0 Å². The normalized spacial score (nSPS) is 22.1. The Morgan fingerprint density at radius 1 is 1.17 bits per heavy atom. The van der Waals surface area contributed by atoms with Gasteiger partial charge in [-0.1, -0.05) is 0 Å². The van der Waals surface area contributed by atoms with Crippen LogP contribution in [0, 0.1) is 0 Å². The van der Waals surface area contributed by atoms with Gasteiger partial charge in [0.25, 0.3) is 0 Å². The minimum Gasteiger partial charge on any atom is -0.490 e. The van der Waals surface area contributed by atoms with E-state index in [4.69, 9.17) is 16.3 Å². The average Bonchev–Trinajstić information content (AvgIpc) is 2.69. The molecule has 1 aromatic carbocycles. The number of pyridine rings is 1. The highest BCUT2D eigenvalue weighted by molar-refractivity contribution is 6.28. The van der Waals surface area contributed by atoms with Crippen LogP contribution in [0.25, 0.3) is 10.8 Å². The summed E-state index contributed by atoms with van der Waals surface area (Å²) in [5, 5.41) is 14.8. The summed E-state index contributed by atoms with van der Waals surface area (Å²) < 4.78 is 45.3. The van der Waals surface area contributed by atoms with Crippen LogP contribution in [0.15, 0.2) is 42.9 Å². The standard InChI is InChI=1S/C20H18ClF3N4O2/c21-18-26-10-13(11-27-18)28-17-16-4-3-14(8-12(16)5-7-25-17)30-15-2-1-6-19(29,9-15)20(22,23)24/h3-5,7-8,10-11,15,29H,1-2,6,9H2,(H,25,28)/t15-,19+/m0/s1. The maximum atomic E-state index is 13.2. The predicted molar refractivity (Wildman–Crippen MR) is 106 cm³/mol. The van der Waals surface area contributed by atoms with E-state index in [1.165, 1.54) is 12.4 Å². The molecule has 0 spiro atoms. The van der Waals surface area contributed by atoms with E-state index in [0.29, 0.717) is 23.7 Å². The number of alkyl halides is 3. The minimum atomic E-state index is -4.67. The third-order valence-corrected chi connectivity index (χ3v) is 5.33. The molecule has 0 saturated heterocycles. The summed E-state index contributed by atoms with van der Waals surface area (Å²) >= 11 is 5.69. The first-order valence-corrected chi connectivity index (χ1v) is 9.70. The lowest BCUT2D eigenvalue weighted by Crippen LogP contribution is -2.50. The molecule has 0 unspecified atom stereocenters. The van der Waals surface area contributed by atoms with Crippen LogP contribution in [0.3, 0.4) is 0 Å². The molecule has 0 amide bonds. The molecule has 2 atom stereocenters. The molecule has 0 radical (unpaired) electrons. The van der Waals surface area contributed by atoms with E-state index < -0.39 is 24.3 Å². The maximum Gasteiger partial charge on any atom is 0.417 e. The lowest BCUT2D eigenvalue weighted by molar-refractivity contribution is -0.276. The Balaban J connectivity index is 1.53. The Kier molecular flexibility index (Phi) is 5.42. The molecule has 30 heavy (non-hydrogen) atoms. The van der Waals surface area contributed by atoms with Gasteiger partial charge in [0.2, 0.25) is 5.28 Å². The van der Waals surface area contributed by atoms with Gasteiger partial charge in [-0.05, 0) is 60.5 Å². The molecule has 2 aromatic heterocycles. The van der Waals surface area contributed by atoms with Crippen molar-refractivity contribution in [1.29, 1.82) is 0 Å². The van der Waals surface area contributed by atoms with Gasteiger partial charge in [0.15, 0.2) is 5.60 Å². The average molecular weight is 439 g/mol. The Bertz CT molecular complexity index is 1050. The fourth-order valence-electron chi connectivity index (χ4n) is 3.60. The van der Waals surface area contributed by atoms with Crippen LogP contribution in [0.5, 0.6) is 5.75 Å². The van der Waals surface area contributed by atoms with E-state index in [9.17, 15) is 18.3 Å². The number of aromatic nitrogens is 3. The fourth-order valence-corrected chi connectivity index (χ4v) is 3.69. The summed E-state index contributed by atoms with van der Waals surface area (Å²) in [7, 11) is 0. The summed E-state index contributed by atoms with van der Waals surface area (Å²) in [5.41, 5.74) is -2.10. The third kappa shape index (κ3) is 4.27. The van der Waals surface area contributed by atoms with E-state index in [1.807, 2.05) is 0 Å². The number of benzene rings is 1. The summed E-state index contributed by atoms with van der Waals surface area (Å²) in [4.78, 5) is 12.1. The number of hydrogen-bond acceptors (Lipinski definition) is 6. The van der Waals surface area contributed by atoms with Crippen molar-refractivity contribution >= 4 is 33.9 Å². The Morgan fingerprint density at radius 3 is 2.67 bits per heavy atom. The van der Waals surface area contributed by atoms with E-state index in [2.05, 4.69) is 20.3 Å². The van der Waals surface area contributed by atoms with Crippen molar-refractivity contribution in [2.45, 2.75) is 43.6 Å². The molecule has 3 aromatic rings. The molecule has 1 aliphatic carbocycles. The monoisotopic (exact) mass is 438 g/mol. The molecule has 1 saturated carbocycles. The number of hydrogen-bond donors (Lipinski definition) is 2. The molecule has 0 bridgehead atoms. The van der Waals surface area contributed by atoms with Gasteiger partial charge >= 0.3 is 6.18 Å². The smallest absolute Gasteiger partial charge is 0.417 e. The summed E-state index contributed by atoms with van der Waals surface area (Å²) in [6.07, 6.45) is -0.808. The number of aliphatic hydroxyl groups is 1. The van der Waals surface area contributed by atoms with Crippen LogP contribution in [0.2, 0.25) is 5.28 Å². The predicted octanol–water partition coefficient (Wildman–Crippen LogP) is 5.04. The number of nitrogens with one attached hydrogen (secondary N) is 1. The van der Waals surface area contributed by atoms with Crippen molar-refractivity contribution in [3.8, 4) is 5.75 Å². The second-order valence-electron chi connectivity index (χ2n) is 7.27. The first kappa shape index (κ1) is 20.6. The first-order chi connectivity index (χ1) is 14.2. The lowest BCUT2D eigenvalue weighted by atomic mass is 9.82. The van der Waals surface area contributed by atoms with Gasteiger partial charge in [-0.25, -0.2) is 15.0 Å². The van der Waals surface area contributed by atoms with Crippen molar-refractivity contribution < 1.29 is 23.0 Å². The second-order valence-corrected chi connectivity index (χ2v) is 7.61. The van der Waals surface area contributed by atoms with Gasteiger partial charge in [-0.2, -0.15) is 13.2 Å². The topological polar surface area (TPSA) is 80.2 Å². The van der Waals surface area contributed by atoms with Crippen molar-refractivity contribution in [1.82, 2.24) is 15.0 Å². The van der Waals surface area contributed by atoms with Crippen molar-refractivity contribution in [3.63, 3.8) is 0 Å². The number of fused-ring (bicyclic) bond motifs is 1. The van der Waals surface area contributed by atoms with E-state index >= 15 is 0 Å². The summed E-state index contributed by atoms with van der Waals surface area (Å²) in [5.74, 6) is 1.000. The van der Waals surface area contributed by atoms with Crippen molar-refractivity contribution in [2.75, 3.05) is 5.32 Å². The van der Waals surface area contributed by atoms with E-state index in [1.54, 1.807) is 30.5 Å². The van der Waals surface area contributed by atoms with Gasteiger partial charge in [0, 0.05) is 18.0 Å². The van der Waals surface area contributed by atoms with E-state index in [0.717, 1.165) is 10.8 Å². The SMILES string of the molecule is O[C@]1(C(F)(F)F)CCC[C@H](Oc2ccc3c(Nc4cnc(Cl)nc4)nccc3c2)C1. The molecule has 6 nitrogen and oxygen atoms in total. The lowest BCUT2D eigenvalue weighted by Gasteiger charge is -2.37. The van der Waals surface area contributed by atoms with Crippen LogP contribution in [0.1, 0.15) is 25.7 Å². The molecular weight excluding hydrogens is 421 g/mol. The molecule has 2 heterocycles. The highest BCUT2D eigenvalue weighted by Crippen LogP contribution is 2.42. The Morgan fingerprint density at radius 2 is 1.93 bits per heavy atom. The Labute approximate surface area is 175 Å². The molecule has 2 N–H and O–H groups in total. The molecule has 1 fully saturated rings. The largest absolute Gasteiger partial charge is 0.490 e. The van der Waals surface area contributed by atoms with Crippen LogP contribution >= 0.6 is 11.6 Å². The van der Waals surface area contributed by atoms with Crippen LogP contribution < -0.4 is 10.1 Å². The van der Waals surface area contributed by atoms with Crippen molar-refractivity contribution in [2.24, 2.45) is 0 Å². The summed E-state index contributed by atoms with van der Waals surface area (Å²) in [6.45, 7) is 0. The highest BCUT2D eigenvalue weighted by Gasteiger charge is 2.55. The van der Waals surface area contributed by atoms with Crippen LogP contribution in [0.4, 0.5) is 24.7 Å². The van der Waals surface area contributed by atoms with Gasteiger partial charge in [-0.3, -0.25) is 0 Å². The maximum absolute atomic E-state index is 13.2. The zero-order chi connectivity index (χ0) is 21.4. The van der Waals surface area contributed by atoms with Gasteiger partial charge in [-0.15, -0.1) is 0 Å². The second kappa shape index (κ2) is 7.88. The first-order valence-electron chi connectivity index (χ1n) is 9.33. The van der Waals surface area contributed by atoms with Crippen LogP contribution in [-0.4, -0.2) is 37.9 Å². The number of rotatable bonds is 4. The zero-order valence-electron chi connectivity index (χ0n) is 15.7. The van der Waals surface area contributed by atoms with Gasteiger partial charge < -0.3 is 15.2 Å². The minimum absolute atomic E-state index is 0.133. The fraction of sp³-hybridized carbons (Fsp3) is 0.350. The zero-order valence-corrected chi connectivity index (χ0v) is 16.4. The quantitative estimate of drug-likeness (QED) is 0.556. The number of halogens is 4. The molecule has 1 aliphatic rings. The Hall–Kier alpha value is -2.65.